The van der Waals surface area contributed by atoms with Gasteiger partial charge in [-0.3, -0.25) is 9.55 Å². The van der Waals surface area contributed by atoms with Crippen LogP contribution >= 0.6 is 11.3 Å². The van der Waals surface area contributed by atoms with Gasteiger partial charge in [0.15, 0.2) is 11.5 Å². The van der Waals surface area contributed by atoms with Crippen molar-refractivity contribution in [1.29, 1.82) is 0 Å². The second-order valence-electron chi connectivity index (χ2n) is 5.40. The number of hydrogen-bond acceptors (Lipinski definition) is 5. The molecule has 0 radical (unpaired) electrons. The molecule has 0 spiro atoms. The van der Waals surface area contributed by atoms with Gasteiger partial charge < -0.3 is 0 Å². The smallest absolute Gasteiger partial charge is 0.283 e. The molecule has 0 saturated heterocycles. The van der Waals surface area contributed by atoms with Crippen molar-refractivity contribution in [3.05, 3.63) is 45.5 Å². The van der Waals surface area contributed by atoms with E-state index in [0.717, 1.165) is 21.3 Å². The van der Waals surface area contributed by atoms with Crippen LogP contribution in [0.1, 0.15) is 17.4 Å². The molecule has 0 saturated carbocycles. The molecule has 0 unspecified atom stereocenters. The Bertz CT molecular complexity index is 1090. The summed E-state index contributed by atoms with van der Waals surface area (Å²) in [5.41, 5.74) is 2.42. The standard InChI is InChI=1S/C16H15N5OS/c1-4-20-15-12(9(2)10(3)23-15)14-18-13(19-21(14)16(20)22)11-6-5-7-17-8-11/h5-8H,4H2,1-3H3. The van der Waals surface area contributed by atoms with Gasteiger partial charge in [0.1, 0.15) is 4.83 Å². The van der Waals surface area contributed by atoms with Crippen molar-refractivity contribution in [3.63, 3.8) is 0 Å². The molecule has 0 fully saturated rings. The highest BCUT2D eigenvalue weighted by atomic mass is 32.1. The summed E-state index contributed by atoms with van der Waals surface area (Å²) in [7, 11) is 0. The summed E-state index contributed by atoms with van der Waals surface area (Å²) < 4.78 is 3.17. The van der Waals surface area contributed by atoms with Crippen molar-refractivity contribution >= 4 is 27.2 Å². The maximum Gasteiger partial charge on any atom is 0.351 e. The Morgan fingerprint density at radius 2 is 2.13 bits per heavy atom. The Morgan fingerprint density at radius 3 is 2.83 bits per heavy atom. The average molecular weight is 325 g/mol. The van der Waals surface area contributed by atoms with Crippen LogP contribution in [0.4, 0.5) is 0 Å². The molecule has 116 valence electrons. The summed E-state index contributed by atoms with van der Waals surface area (Å²) in [6.07, 6.45) is 3.41. The van der Waals surface area contributed by atoms with Crippen LogP contribution in [0.5, 0.6) is 0 Å². The zero-order valence-electron chi connectivity index (χ0n) is 13.1. The fraction of sp³-hybridized carbons (Fsp3) is 0.250. The van der Waals surface area contributed by atoms with Gasteiger partial charge in [-0.25, -0.2) is 9.78 Å². The molecule has 23 heavy (non-hydrogen) atoms. The summed E-state index contributed by atoms with van der Waals surface area (Å²) in [5.74, 6) is 0.522. The van der Waals surface area contributed by atoms with Crippen molar-refractivity contribution in [3.8, 4) is 11.4 Å². The molecular weight excluding hydrogens is 310 g/mol. The molecule has 4 aromatic rings. The lowest BCUT2D eigenvalue weighted by Crippen LogP contribution is -2.26. The minimum atomic E-state index is -0.154. The highest BCUT2D eigenvalue weighted by molar-refractivity contribution is 7.19. The average Bonchev–Trinajstić information content (AvgIpc) is 3.12. The molecule has 0 atom stereocenters. The highest BCUT2D eigenvalue weighted by Crippen LogP contribution is 2.32. The summed E-state index contributed by atoms with van der Waals surface area (Å²) in [5, 5.41) is 5.44. The molecule has 0 aliphatic heterocycles. The highest BCUT2D eigenvalue weighted by Gasteiger charge is 2.19. The van der Waals surface area contributed by atoms with Gasteiger partial charge in [0.05, 0.1) is 5.39 Å². The van der Waals surface area contributed by atoms with Crippen LogP contribution in [0.2, 0.25) is 0 Å². The molecule has 6 nitrogen and oxygen atoms in total. The van der Waals surface area contributed by atoms with Crippen LogP contribution in [-0.4, -0.2) is 24.1 Å². The summed E-state index contributed by atoms with van der Waals surface area (Å²) in [6.45, 7) is 6.71. The molecule has 0 aromatic carbocycles. The van der Waals surface area contributed by atoms with Crippen molar-refractivity contribution in [2.45, 2.75) is 27.3 Å². The molecule has 0 amide bonds. The van der Waals surface area contributed by atoms with Crippen molar-refractivity contribution in [2.24, 2.45) is 0 Å². The van der Waals surface area contributed by atoms with Crippen molar-refractivity contribution in [1.82, 2.24) is 24.1 Å². The van der Waals surface area contributed by atoms with Crippen LogP contribution in [0.15, 0.2) is 29.3 Å². The maximum absolute atomic E-state index is 12.8. The molecule has 0 aliphatic carbocycles. The summed E-state index contributed by atoms with van der Waals surface area (Å²) in [6, 6.07) is 3.73. The van der Waals surface area contributed by atoms with Crippen molar-refractivity contribution in [2.75, 3.05) is 0 Å². The third-order valence-electron chi connectivity index (χ3n) is 4.09. The number of aromatic nitrogens is 5. The SMILES string of the molecule is CCn1c(=O)n2nc(-c3cccnc3)nc2c2c(C)c(C)sc21. The Kier molecular flexibility index (Phi) is 3.05. The first-order valence-electron chi connectivity index (χ1n) is 7.41. The van der Waals surface area contributed by atoms with Crippen LogP contribution in [-0.2, 0) is 6.54 Å². The largest absolute Gasteiger partial charge is 0.351 e. The molecule has 4 rings (SSSR count). The number of pyridine rings is 1. The first-order chi connectivity index (χ1) is 11.1. The van der Waals surface area contributed by atoms with Crippen LogP contribution in [0, 0.1) is 13.8 Å². The van der Waals surface area contributed by atoms with E-state index in [1.165, 1.54) is 9.39 Å². The quantitative estimate of drug-likeness (QED) is 0.568. The number of nitrogens with zero attached hydrogens (tertiary/aromatic N) is 5. The van der Waals surface area contributed by atoms with Crippen molar-refractivity contribution < 1.29 is 0 Å². The van der Waals surface area contributed by atoms with E-state index in [1.54, 1.807) is 28.3 Å². The van der Waals surface area contributed by atoms with Gasteiger partial charge in [-0.05, 0) is 38.5 Å². The maximum atomic E-state index is 12.8. The van der Waals surface area contributed by atoms with Crippen LogP contribution < -0.4 is 5.69 Å². The topological polar surface area (TPSA) is 65.1 Å². The van der Waals surface area contributed by atoms with E-state index >= 15 is 0 Å². The third kappa shape index (κ3) is 1.93. The molecule has 0 aliphatic rings. The number of thiophene rings is 1. The fourth-order valence-electron chi connectivity index (χ4n) is 2.77. The molecule has 0 N–H and O–H groups in total. The van der Waals surface area contributed by atoms with Crippen LogP contribution in [0.3, 0.4) is 0 Å². The van der Waals surface area contributed by atoms with E-state index in [-0.39, 0.29) is 5.69 Å². The molecule has 4 aromatic heterocycles. The Labute approximate surface area is 136 Å². The number of fused-ring (bicyclic) bond motifs is 3. The second-order valence-corrected chi connectivity index (χ2v) is 6.61. The number of rotatable bonds is 2. The molecular formula is C16H15N5OS. The Hall–Kier alpha value is -2.54. The minimum absolute atomic E-state index is 0.154. The zero-order valence-corrected chi connectivity index (χ0v) is 13.9. The second kappa shape index (κ2) is 4.99. The first-order valence-corrected chi connectivity index (χ1v) is 8.23. The lowest BCUT2D eigenvalue weighted by atomic mass is 10.2. The summed E-state index contributed by atoms with van der Waals surface area (Å²) >= 11 is 1.63. The van der Waals surface area contributed by atoms with E-state index in [4.69, 9.17) is 0 Å². The van der Waals surface area contributed by atoms with E-state index in [0.29, 0.717) is 18.0 Å². The zero-order chi connectivity index (χ0) is 16.1. The molecule has 7 heteroatoms. The van der Waals surface area contributed by atoms with Gasteiger partial charge in [-0.15, -0.1) is 16.4 Å². The Morgan fingerprint density at radius 1 is 1.30 bits per heavy atom. The third-order valence-corrected chi connectivity index (χ3v) is 5.32. The van der Waals surface area contributed by atoms with E-state index < -0.39 is 0 Å². The predicted molar refractivity (Wildman–Crippen MR) is 91.0 cm³/mol. The normalized spacial score (nSPS) is 11.6. The number of aryl methyl sites for hydroxylation is 3. The van der Waals surface area contributed by atoms with Gasteiger partial charge in [0, 0.05) is 29.4 Å². The van der Waals surface area contributed by atoms with Gasteiger partial charge in [0.2, 0.25) is 0 Å². The van der Waals surface area contributed by atoms with E-state index in [9.17, 15) is 4.79 Å². The predicted octanol–water partition coefficient (Wildman–Crippen LogP) is 2.80. The van der Waals surface area contributed by atoms with Gasteiger partial charge in [-0.2, -0.15) is 4.52 Å². The van der Waals surface area contributed by atoms with E-state index in [1.807, 2.05) is 19.1 Å². The van der Waals surface area contributed by atoms with Crippen LogP contribution in [0.25, 0.3) is 27.3 Å². The first kappa shape index (κ1) is 14.1. The van der Waals surface area contributed by atoms with Gasteiger partial charge in [0.25, 0.3) is 0 Å². The molecule has 4 heterocycles. The lowest BCUT2D eigenvalue weighted by molar-refractivity contribution is 0.698. The summed E-state index contributed by atoms with van der Waals surface area (Å²) in [4.78, 5) is 23.6. The van der Waals surface area contributed by atoms with E-state index in [2.05, 4.69) is 28.9 Å². The molecule has 0 bridgehead atoms. The Balaban J connectivity index is 2.17. The monoisotopic (exact) mass is 325 g/mol. The lowest BCUT2D eigenvalue weighted by Gasteiger charge is -2.04. The van der Waals surface area contributed by atoms with Gasteiger partial charge >= 0.3 is 5.69 Å². The number of hydrogen-bond donors (Lipinski definition) is 0. The van der Waals surface area contributed by atoms with Gasteiger partial charge in [-0.1, -0.05) is 0 Å². The minimum Gasteiger partial charge on any atom is -0.283 e. The fourth-order valence-corrected chi connectivity index (χ4v) is 3.98.